The van der Waals surface area contributed by atoms with Gasteiger partial charge in [-0.25, -0.2) is 9.59 Å². The van der Waals surface area contributed by atoms with Crippen LogP contribution in [0.4, 0.5) is 9.59 Å². The first-order chi connectivity index (χ1) is 18.8. The average molecular weight is 558 g/mol. The Bertz CT molecular complexity index is 1050. The molecule has 40 heavy (non-hydrogen) atoms. The van der Waals surface area contributed by atoms with Crippen molar-refractivity contribution >= 4 is 23.9 Å². The van der Waals surface area contributed by atoms with E-state index in [1.807, 2.05) is 37.8 Å². The summed E-state index contributed by atoms with van der Waals surface area (Å²) in [5.74, 6) is -0.768. The molecule has 2 saturated heterocycles. The highest BCUT2D eigenvalue weighted by atomic mass is 16.6. The van der Waals surface area contributed by atoms with Crippen molar-refractivity contribution in [3.8, 4) is 0 Å². The number of carbonyl (C=O) groups is 4. The summed E-state index contributed by atoms with van der Waals surface area (Å²) in [5, 5.41) is 5.68. The van der Waals surface area contributed by atoms with E-state index in [9.17, 15) is 19.2 Å². The minimum atomic E-state index is -0.913. The summed E-state index contributed by atoms with van der Waals surface area (Å²) < 4.78 is 5.61. The molecule has 0 aliphatic carbocycles. The van der Waals surface area contributed by atoms with Gasteiger partial charge in [-0.3, -0.25) is 14.5 Å². The fraction of sp³-hybridized carbons (Fsp3) is 0.667. The van der Waals surface area contributed by atoms with E-state index < -0.39 is 35.6 Å². The van der Waals surface area contributed by atoms with Crippen LogP contribution in [0.5, 0.6) is 0 Å². The Morgan fingerprint density at radius 2 is 1.65 bits per heavy atom. The van der Waals surface area contributed by atoms with E-state index in [0.717, 1.165) is 31.2 Å². The lowest BCUT2D eigenvalue weighted by Crippen LogP contribution is -2.61. The number of rotatable bonds is 7. The summed E-state index contributed by atoms with van der Waals surface area (Å²) in [5.41, 5.74) is 7.09. The molecule has 10 heteroatoms. The smallest absolute Gasteiger partial charge is 0.411 e. The Balaban J connectivity index is 1.65. The molecule has 0 saturated carbocycles. The molecule has 4 N–H and O–H groups in total. The third-order valence-electron chi connectivity index (χ3n) is 7.89. The highest BCUT2D eigenvalue weighted by Crippen LogP contribution is 2.31. The van der Waals surface area contributed by atoms with Crippen LogP contribution in [0.25, 0.3) is 0 Å². The molecule has 2 fully saturated rings. The molecule has 1 aromatic carbocycles. The molecular weight excluding hydrogens is 510 g/mol. The SMILES string of the molecule is CCNC(=O)N1CCC(c2ccc(C[C@H](NC(=O)[C@@H]3[C@H](C)CC[C@H](C)N3C(=O)OC(C)(C)C)C(N)=O)cc2)CC1. The van der Waals surface area contributed by atoms with Crippen LogP contribution in [-0.4, -0.2) is 77.1 Å². The number of nitrogens with two attached hydrogens (primary N) is 1. The van der Waals surface area contributed by atoms with Crippen molar-refractivity contribution in [3.05, 3.63) is 35.4 Å². The third kappa shape index (κ3) is 8.11. The van der Waals surface area contributed by atoms with Gasteiger partial charge in [0.25, 0.3) is 0 Å². The summed E-state index contributed by atoms with van der Waals surface area (Å²) in [6.07, 6.45) is 3.05. The molecule has 0 spiro atoms. The average Bonchev–Trinajstić information content (AvgIpc) is 2.89. The van der Waals surface area contributed by atoms with E-state index in [1.54, 1.807) is 20.8 Å². The minimum absolute atomic E-state index is 0.0119. The molecule has 0 unspecified atom stereocenters. The summed E-state index contributed by atoms with van der Waals surface area (Å²) in [6.45, 7) is 13.2. The summed E-state index contributed by atoms with van der Waals surface area (Å²) >= 11 is 0. The van der Waals surface area contributed by atoms with Gasteiger partial charge in [-0.1, -0.05) is 31.2 Å². The van der Waals surface area contributed by atoms with Crippen molar-refractivity contribution in [2.24, 2.45) is 11.7 Å². The monoisotopic (exact) mass is 557 g/mol. The van der Waals surface area contributed by atoms with Crippen molar-refractivity contribution in [1.29, 1.82) is 0 Å². The Kier molecular flexibility index (Phi) is 10.4. The van der Waals surface area contributed by atoms with Crippen molar-refractivity contribution in [2.45, 2.75) is 103 Å². The van der Waals surface area contributed by atoms with Crippen LogP contribution >= 0.6 is 0 Å². The Morgan fingerprint density at radius 3 is 2.20 bits per heavy atom. The van der Waals surface area contributed by atoms with Crippen LogP contribution in [0.3, 0.4) is 0 Å². The van der Waals surface area contributed by atoms with Gasteiger partial charge in [-0.05, 0) is 83.3 Å². The lowest BCUT2D eigenvalue weighted by Gasteiger charge is -2.43. The molecule has 0 aromatic heterocycles. The van der Waals surface area contributed by atoms with Gasteiger partial charge in [-0.15, -0.1) is 0 Å². The van der Waals surface area contributed by atoms with Crippen LogP contribution in [-0.2, 0) is 20.7 Å². The zero-order valence-corrected chi connectivity index (χ0v) is 24.9. The molecule has 1 aromatic rings. The number of nitrogens with zero attached hydrogens (tertiary/aromatic N) is 2. The predicted octanol–water partition coefficient (Wildman–Crippen LogP) is 3.53. The highest BCUT2D eigenvalue weighted by Gasteiger charge is 2.43. The molecule has 2 aliphatic rings. The zero-order chi connectivity index (χ0) is 29.6. The van der Waals surface area contributed by atoms with Crippen LogP contribution in [0.1, 0.15) is 84.3 Å². The quantitative estimate of drug-likeness (QED) is 0.472. The van der Waals surface area contributed by atoms with Gasteiger partial charge in [0.2, 0.25) is 11.8 Å². The van der Waals surface area contributed by atoms with E-state index in [4.69, 9.17) is 10.5 Å². The van der Waals surface area contributed by atoms with Gasteiger partial charge in [0.05, 0.1) is 0 Å². The number of benzene rings is 1. The first-order valence-corrected chi connectivity index (χ1v) is 14.5. The predicted molar refractivity (Wildman–Crippen MR) is 154 cm³/mol. The summed E-state index contributed by atoms with van der Waals surface area (Å²) in [7, 11) is 0. The fourth-order valence-electron chi connectivity index (χ4n) is 5.66. The van der Waals surface area contributed by atoms with Crippen molar-refractivity contribution in [3.63, 3.8) is 0 Å². The number of hydrogen-bond donors (Lipinski definition) is 3. The fourth-order valence-corrected chi connectivity index (χ4v) is 5.66. The van der Waals surface area contributed by atoms with Gasteiger partial charge < -0.3 is 26.0 Å². The molecule has 0 radical (unpaired) electrons. The third-order valence-corrected chi connectivity index (χ3v) is 7.89. The molecule has 4 atom stereocenters. The first kappa shape index (κ1) is 31.2. The number of primary amides is 1. The lowest BCUT2D eigenvalue weighted by molar-refractivity contribution is -0.134. The number of likely N-dealkylation sites (tertiary alicyclic amines) is 2. The molecular formula is C30H47N5O5. The van der Waals surface area contributed by atoms with Crippen molar-refractivity contribution in [2.75, 3.05) is 19.6 Å². The number of ether oxygens (including phenoxy) is 1. The Morgan fingerprint density at radius 1 is 1.02 bits per heavy atom. The summed E-state index contributed by atoms with van der Waals surface area (Å²) in [6, 6.07) is 6.18. The van der Waals surface area contributed by atoms with Gasteiger partial charge in [-0.2, -0.15) is 0 Å². The zero-order valence-electron chi connectivity index (χ0n) is 24.9. The number of hydrogen-bond acceptors (Lipinski definition) is 5. The number of urea groups is 1. The van der Waals surface area contributed by atoms with Crippen LogP contribution < -0.4 is 16.4 Å². The van der Waals surface area contributed by atoms with E-state index in [0.29, 0.717) is 25.6 Å². The largest absolute Gasteiger partial charge is 0.444 e. The van der Waals surface area contributed by atoms with E-state index in [1.165, 1.54) is 10.5 Å². The van der Waals surface area contributed by atoms with Crippen molar-refractivity contribution in [1.82, 2.24) is 20.4 Å². The second-order valence-electron chi connectivity index (χ2n) is 12.2. The maximum Gasteiger partial charge on any atom is 0.411 e. The second kappa shape index (κ2) is 13.4. The van der Waals surface area contributed by atoms with Crippen molar-refractivity contribution < 1.29 is 23.9 Å². The Labute approximate surface area is 238 Å². The first-order valence-electron chi connectivity index (χ1n) is 14.5. The van der Waals surface area contributed by atoms with Gasteiger partial charge in [0.1, 0.15) is 17.7 Å². The topological polar surface area (TPSA) is 134 Å². The second-order valence-corrected chi connectivity index (χ2v) is 12.2. The minimum Gasteiger partial charge on any atom is -0.444 e. The molecule has 10 nitrogen and oxygen atoms in total. The van der Waals surface area contributed by atoms with Crippen LogP contribution in [0, 0.1) is 5.92 Å². The van der Waals surface area contributed by atoms with E-state index >= 15 is 0 Å². The molecule has 5 amide bonds. The maximum atomic E-state index is 13.5. The van der Waals surface area contributed by atoms with E-state index in [2.05, 4.69) is 22.8 Å². The molecule has 222 valence electrons. The van der Waals surface area contributed by atoms with Gasteiger partial charge in [0, 0.05) is 32.1 Å². The van der Waals surface area contributed by atoms with Crippen LogP contribution in [0.2, 0.25) is 0 Å². The summed E-state index contributed by atoms with van der Waals surface area (Å²) in [4.78, 5) is 54.4. The lowest BCUT2D eigenvalue weighted by atomic mass is 9.86. The van der Waals surface area contributed by atoms with Crippen LogP contribution in [0.15, 0.2) is 24.3 Å². The molecule has 0 bridgehead atoms. The molecule has 3 rings (SSSR count). The number of amides is 5. The van der Waals surface area contributed by atoms with Gasteiger partial charge >= 0.3 is 12.1 Å². The Hall–Kier alpha value is -3.30. The molecule has 2 heterocycles. The number of piperidine rings is 2. The molecule has 2 aliphatic heterocycles. The van der Waals surface area contributed by atoms with Gasteiger partial charge in [0.15, 0.2) is 0 Å². The van der Waals surface area contributed by atoms with E-state index in [-0.39, 0.29) is 24.4 Å². The standard InChI is InChI=1S/C30H47N5O5/c1-7-32-28(38)34-16-14-23(15-17-34)22-12-10-21(11-13-22)18-24(26(31)36)33-27(37)25-19(2)8-9-20(3)35(25)29(39)40-30(4,5)6/h10-13,19-20,23-25H,7-9,14-18H2,1-6H3,(H2,31,36)(H,32,38)(H,33,37)/t19-,20+,24+,25+/m1/s1. The number of carbonyl (C=O) groups excluding carboxylic acids is 4. The normalized spacial score (nSPS) is 22.8. The number of nitrogens with one attached hydrogen (secondary N) is 2. The highest BCUT2D eigenvalue weighted by molar-refractivity contribution is 5.91. The maximum absolute atomic E-state index is 13.5.